The molecule has 0 aliphatic heterocycles. The summed E-state index contributed by atoms with van der Waals surface area (Å²) in [6, 6.07) is 10.6. The molecule has 0 fully saturated rings. The van der Waals surface area contributed by atoms with Crippen molar-refractivity contribution in [2.45, 2.75) is 25.7 Å². The molecule has 3 nitrogen and oxygen atoms in total. The summed E-state index contributed by atoms with van der Waals surface area (Å²) in [5.74, 6) is 0.162. The number of hydrogen-bond acceptors (Lipinski definition) is 4. The van der Waals surface area contributed by atoms with Crippen molar-refractivity contribution in [2.75, 3.05) is 0 Å². The van der Waals surface area contributed by atoms with Crippen LogP contribution in [0.1, 0.15) is 38.5 Å². The third-order valence-electron chi connectivity index (χ3n) is 3.39. The summed E-state index contributed by atoms with van der Waals surface area (Å²) < 4.78 is 5.34. The van der Waals surface area contributed by atoms with Crippen LogP contribution in [0.25, 0.3) is 0 Å². The van der Waals surface area contributed by atoms with E-state index in [4.69, 9.17) is 10.00 Å². The minimum absolute atomic E-state index is 0.311. The number of benzene rings is 1. The lowest BCUT2D eigenvalue weighted by atomic mass is 9.99. The highest BCUT2D eigenvalue weighted by atomic mass is 32.1. The molecule has 0 bridgehead atoms. The van der Waals surface area contributed by atoms with Crippen LogP contribution in [0.15, 0.2) is 30.3 Å². The summed E-state index contributed by atoms with van der Waals surface area (Å²) >= 11 is 1.54. The maximum absolute atomic E-state index is 12.1. The van der Waals surface area contributed by atoms with E-state index in [1.807, 2.05) is 12.1 Å². The first kappa shape index (κ1) is 12.9. The highest BCUT2D eigenvalue weighted by molar-refractivity contribution is 7.14. The average molecular weight is 283 g/mol. The van der Waals surface area contributed by atoms with Gasteiger partial charge in [0.1, 0.15) is 10.6 Å². The summed E-state index contributed by atoms with van der Waals surface area (Å²) in [5, 5.41) is 8.73. The number of nitrogens with zero attached hydrogens (tertiary/aromatic N) is 1. The smallest absolute Gasteiger partial charge is 0.353 e. The standard InChI is InChI=1S/C16H13NO2S/c17-10-11-5-7-13(8-6-11)19-16(18)15-9-12-3-1-2-4-14(12)20-15/h5-9H,1-4H2. The third-order valence-corrected chi connectivity index (χ3v) is 4.61. The second-order valence-electron chi connectivity index (χ2n) is 4.79. The highest BCUT2D eigenvalue weighted by Crippen LogP contribution is 2.30. The quantitative estimate of drug-likeness (QED) is 0.623. The fourth-order valence-corrected chi connectivity index (χ4v) is 3.48. The number of aryl methyl sites for hydroxylation is 2. The van der Waals surface area contributed by atoms with Gasteiger partial charge in [-0.05, 0) is 61.6 Å². The Hall–Kier alpha value is -2.12. The number of hydrogen-bond donors (Lipinski definition) is 0. The fraction of sp³-hybridized carbons (Fsp3) is 0.250. The van der Waals surface area contributed by atoms with E-state index in [-0.39, 0.29) is 5.97 Å². The molecule has 0 radical (unpaired) electrons. The number of carbonyl (C=O) groups is 1. The molecule has 4 heteroatoms. The second-order valence-corrected chi connectivity index (χ2v) is 5.93. The number of thiophene rings is 1. The van der Waals surface area contributed by atoms with Crippen molar-refractivity contribution in [1.29, 1.82) is 5.26 Å². The Kier molecular flexibility index (Phi) is 3.53. The van der Waals surface area contributed by atoms with Gasteiger partial charge >= 0.3 is 5.97 Å². The lowest BCUT2D eigenvalue weighted by molar-refractivity contribution is 0.0740. The van der Waals surface area contributed by atoms with Crippen LogP contribution in [0, 0.1) is 11.3 Å². The van der Waals surface area contributed by atoms with Gasteiger partial charge in [0.2, 0.25) is 0 Å². The molecule has 0 atom stereocenters. The molecule has 0 N–H and O–H groups in total. The number of ether oxygens (including phenoxy) is 1. The summed E-state index contributed by atoms with van der Waals surface area (Å²) in [7, 11) is 0. The highest BCUT2D eigenvalue weighted by Gasteiger charge is 2.18. The maximum atomic E-state index is 12.1. The lowest BCUT2D eigenvalue weighted by Gasteiger charge is -2.08. The molecule has 0 saturated heterocycles. The van der Waals surface area contributed by atoms with Gasteiger partial charge < -0.3 is 4.74 Å². The second kappa shape index (κ2) is 5.48. The number of esters is 1. The van der Waals surface area contributed by atoms with Crippen molar-refractivity contribution in [3.8, 4) is 11.8 Å². The van der Waals surface area contributed by atoms with Crippen molar-refractivity contribution in [3.63, 3.8) is 0 Å². The molecule has 3 rings (SSSR count). The van der Waals surface area contributed by atoms with Gasteiger partial charge in [-0.2, -0.15) is 5.26 Å². The van der Waals surface area contributed by atoms with E-state index in [1.54, 1.807) is 35.6 Å². The zero-order valence-electron chi connectivity index (χ0n) is 10.9. The molecule has 1 aliphatic carbocycles. The van der Waals surface area contributed by atoms with Crippen LogP contribution in [0.3, 0.4) is 0 Å². The van der Waals surface area contributed by atoms with Gasteiger partial charge in [-0.3, -0.25) is 0 Å². The molecular formula is C16H13NO2S. The Balaban J connectivity index is 1.75. The summed E-state index contributed by atoms with van der Waals surface area (Å²) in [4.78, 5) is 14.1. The Morgan fingerprint density at radius 1 is 1.20 bits per heavy atom. The predicted octanol–water partition coefficient (Wildman–Crippen LogP) is 3.72. The third kappa shape index (κ3) is 2.59. The molecule has 0 unspecified atom stereocenters. The van der Waals surface area contributed by atoms with Crippen LogP contribution in [-0.2, 0) is 12.8 Å². The Labute approximate surface area is 121 Å². The Morgan fingerprint density at radius 2 is 1.95 bits per heavy atom. The number of rotatable bonds is 2. The van der Waals surface area contributed by atoms with Gasteiger partial charge in [-0.25, -0.2) is 4.79 Å². The molecule has 1 aliphatic rings. The van der Waals surface area contributed by atoms with Gasteiger partial charge in [0.15, 0.2) is 0 Å². The first-order chi connectivity index (χ1) is 9.76. The van der Waals surface area contributed by atoms with Crippen LogP contribution in [-0.4, -0.2) is 5.97 Å². The molecule has 1 aromatic carbocycles. The first-order valence-corrected chi connectivity index (χ1v) is 7.42. The van der Waals surface area contributed by atoms with E-state index in [2.05, 4.69) is 0 Å². The largest absolute Gasteiger partial charge is 0.422 e. The minimum atomic E-state index is -0.311. The van der Waals surface area contributed by atoms with Crippen molar-refractivity contribution < 1.29 is 9.53 Å². The molecular weight excluding hydrogens is 270 g/mol. The van der Waals surface area contributed by atoms with Gasteiger partial charge in [0.05, 0.1) is 11.6 Å². The molecule has 0 spiro atoms. The molecule has 100 valence electrons. The van der Waals surface area contributed by atoms with Crippen molar-refractivity contribution in [2.24, 2.45) is 0 Å². The number of carbonyl (C=O) groups excluding carboxylic acids is 1. The Bertz CT molecular complexity index is 656. The topological polar surface area (TPSA) is 50.1 Å². The van der Waals surface area contributed by atoms with Crippen molar-refractivity contribution in [1.82, 2.24) is 0 Å². The van der Waals surface area contributed by atoms with E-state index in [0.717, 1.165) is 12.8 Å². The van der Waals surface area contributed by atoms with Crippen LogP contribution in [0.4, 0.5) is 0 Å². The van der Waals surface area contributed by atoms with E-state index in [1.165, 1.54) is 23.3 Å². The van der Waals surface area contributed by atoms with Crippen molar-refractivity contribution >= 4 is 17.3 Å². The summed E-state index contributed by atoms with van der Waals surface area (Å²) in [5.41, 5.74) is 1.85. The van der Waals surface area contributed by atoms with Gasteiger partial charge in [-0.1, -0.05) is 0 Å². The summed E-state index contributed by atoms with van der Waals surface area (Å²) in [6.07, 6.45) is 4.55. The number of nitriles is 1. The lowest BCUT2D eigenvalue weighted by Crippen LogP contribution is -2.06. The van der Waals surface area contributed by atoms with E-state index in [0.29, 0.717) is 16.2 Å². The first-order valence-electron chi connectivity index (χ1n) is 6.60. The molecule has 2 aromatic rings. The van der Waals surface area contributed by atoms with Crippen LogP contribution in [0.5, 0.6) is 5.75 Å². The molecule has 20 heavy (non-hydrogen) atoms. The normalized spacial score (nSPS) is 13.3. The predicted molar refractivity (Wildman–Crippen MR) is 77.1 cm³/mol. The zero-order valence-corrected chi connectivity index (χ0v) is 11.7. The van der Waals surface area contributed by atoms with Gasteiger partial charge in [0.25, 0.3) is 0 Å². The van der Waals surface area contributed by atoms with Crippen molar-refractivity contribution in [3.05, 3.63) is 51.2 Å². The average Bonchev–Trinajstić information content (AvgIpc) is 2.92. The van der Waals surface area contributed by atoms with Crippen LogP contribution >= 0.6 is 11.3 Å². The van der Waals surface area contributed by atoms with E-state index >= 15 is 0 Å². The molecule has 1 heterocycles. The fourth-order valence-electron chi connectivity index (χ4n) is 2.35. The SMILES string of the molecule is N#Cc1ccc(OC(=O)c2cc3c(s2)CCCC3)cc1. The maximum Gasteiger partial charge on any atom is 0.353 e. The van der Waals surface area contributed by atoms with E-state index < -0.39 is 0 Å². The van der Waals surface area contributed by atoms with Crippen LogP contribution in [0.2, 0.25) is 0 Å². The molecule has 0 saturated carbocycles. The van der Waals surface area contributed by atoms with E-state index in [9.17, 15) is 4.79 Å². The van der Waals surface area contributed by atoms with Gasteiger partial charge in [0, 0.05) is 4.88 Å². The minimum Gasteiger partial charge on any atom is -0.422 e. The number of fused-ring (bicyclic) bond motifs is 1. The molecule has 1 aromatic heterocycles. The monoisotopic (exact) mass is 283 g/mol. The zero-order chi connectivity index (χ0) is 13.9. The van der Waals surface area contributed by atoms with Gasteiger partial charge in [-0.15, -0.1) is 11.3 Å². The summed E-state index contributed by atoms with van der Waals surface area (Å²) in [6.45, 7) is 0. The van der Waals surface area contributed by atoms with Crippen LogP contribution < -0.4 is 4.74 Å². The molecule has 0 amide bonds. The Morgan fingerprint density at radius 3 is 2.65 bits per heavy atom.